The Morgan fingerprint density at radius 2 is 1.52 bits per heavy atom. The molecule has 0 amide bonds. The van der Waals surface area contributed by atoms with Crippen molar-refractivity contribution in [1.29, 1.82) is 0 Å². The van der Waals surface area contributed by atoms with E-state index in [0.717, 1.165) is 13.0 Å². The fourth-order valence-corrected chi connectivity index (χ4v) is 2.79. The molecule has 0 aliphatic rings. The van der Waals surface area contributed by atoms with E-state index in [9.17, 15) is 0 Å². The normalized spacial score (nSPS) is 12.4. The van der Waals surface area contributed by atoms with Crippen molar-refractivity contribution in [2.24, 2.45) is 0 Å². The van der Waals surface area contributed by atoms with Crippen molar-refractivity contribution in [3.05, 3.63) is 83.9 Å². The number of rotatable bonds is 5. The summed E-state index contributed by atoms with van der Waals surface area (Å²) in [5.41, 5.74) is 2.76. The van der Waals surface area contributed by atoms with E-state index in [1.165, 1.54) is 21.9 Å². The third-order valence-corrected chi connectivity index (χ3v) is 4.02. The largest absolute Gasteiger partial charge is 0.310 e. The van der Waals surface area contributed by atoms with Gasteiger partial charge in [-0.2, -0.15) is 0 Å². The average molecular weight is 275 g/mol. The van der Waals surface area contributed by atoms with Crippen molar-refractivity contribution in [3.8, 4) is 0 Å². The summed E-state index contributed by atoms with van der Waals surface area (Å²) in [5, 5.41) is 6.31. The minimum absolute atomic E-state index is 0.390. The first kappa shape index (κ1) is 13.8. The standard InChI is InChI=1S/C20H21N/c1-16(17-8-3-2-4-9-17)21-15-14-19-12-7-11-18-10-5-6-13-20(18)19/h2-13,16,21H,14-15H2,1H3. The van der Waals surface area contributed by atoms with E-state index in [4.69, 9.17) is 0 Å². The zero-order valence-corrected chi connectivity index (χ0v) is 12.4. The van der Waals surface area contributed by atoms with Crippen molar-refractivity contribution in [1.82, 2.24) is 5.32 Å². The Kier molecular flexibility index (Phi) is 4.32. The van der Waals surface area contributed by atoms with Gasteiger partial charge in [0.2, 0.25) is 0 Å². The molecule has 3 aromatic carbocycles. The second kappa shape index (κ2) is 6.55. The summed E-state index contributed by atoms with van der Waals surface area (Å²) in [7, 11) is 0. The Morgan fingerprint density at radius 3 is 2.38 bits per heavy atom. The number of hydrogen-bond acceptors (Lipinski definition) is 1. The Hall–Kier alpha value is -2.12. The van der Waals surface area contributed by atoms with Gasteiger partial charge in [-0.3, -0.25) is 0 Å². The molecule has 0 heterocycles. The van der Waals surface area contributed by atoms with E-state index < -0.39 is 0 Å². The minimum Gasteiger partial charge on any atom is -0.310 e. The number of fused-ring (bicyclic) bond motifs is 1. The molecule has 0 aliphatic carbocycles. The molecule has 1 atom stereocenters. The maximum atomic E-state index is 3.61. The summed E-state index contributed by atoms with van der Waals surface area (Å²) in [6.45, 7) is 3.21. The lowest BCUT2D eigenvalue weighted by Gasteiger charge is -2.14. The Balaban J connectivity index is 1.65. The van der Waals surface area contributed by atoms with Crippen LogP contribution < -0.4 is 5.32 Å². The number of benzene rings is 3. The lowest BCUT2D eigenvalue weighted by molar-refractivity contribution is 0.577. The molecular weight excluding hydrogens is 254 g/mol. The van der Waals surface area contributed by atoms with Gasteiger partial charge in [0.15, 0.2) is 0 Å². The second-order valence-electron chi connectivity index (χ2n) is 5.47. The fraction of sp³-hybridized carbons (Fsp3) is 0.200. The van der Waals surface area contributed by atoms with Gasteiger partial charge in [0.05, 0.1) is 0 Å². The molecule has 0 spiro atoms. The minimum atomic E-state index is 0.390. The molecule has 21 heavy (non-hydrogen) atoms. The molecule has 1 N–H and O–H groups in total. The number of nitrogens with one attached hydrogen (secondary N) is 1. The Bertz CT molecular complexity index is 698. The van der Waals surface area contributed by atoms with Crippen LogP contribution in [0, 0.1) is 0 Å². The Labute approximate surface area is 126 Å². The molecule has 1 heteroatoms. The van der Waals surface area contributed by atoms with Crippen LogP contribution in [0.5, 0.6) is 0 Å². The first-order valence-electron chi connectivity index (χ1n) is 7.59. The van der Waals surface area contributed by atoms with E-state index in [0.29, 0.717) is 6.04 Å². The van der Waals surface area contributed by atoms with Crippen LogP contribution in [-0.4, -0.2) is 6.54 Å². The molecule has 0 saturated heterocycles. The van der Waals surface area contributed by atoms with Crippen molar-refractivity contribution in [3.63, 3.8) is 0 Å². The Morgan fingerprint density at radius 1 is 0.810 bits per heavy atom. The van der Waals surface area contributed by atoms with Crippen LogP contribution in [0.4, 0.5) is 0 Å². The van der Waals surface area contributed by atoms with Gasteiger partial charge in [-0.15, -0.1) is 0 Å². The summed E-state index contributed by atoms with van der Waals surface area (Å²) >= 11 is 0. The van der Waals surface area contributed by atoms with Gasteiger partial charge in [-0.1, -0.05) is 72.8 Å². The van der Waals surface area contributed by atoms with Gasteiger partial charge in [-0.25, -0.2) is 0 Å². The van der Waals surface area contributed by atoms with Crippen LogP contribution in [0.1, 0.15) is 24.1 Å². The highest BCUT2D eigenvalue weighted by Gasteiger charge is 2.04. The molecule has 0 fully saturated rings. The molecule has 0 bridgehead atoms. The molecule has 3 aromatic rings. The molecule has 0 aromatic heterocycles. The van der Waals surface area contributed by atoms with Gasteiger partial charge < -0.3 is 5.32 Å². The predicted octanol–water partition coefficient (Wildman–Crippen LogP) is 4.73. The third-order valence-electron chi connectivity index (χ3n) is 4.02. The topological polar surface area (TPSA) is 12.0 Å². The van der Waals surface area contributed by atoms with Crippen molar-refractivity contribution < 1.29 is 0 Å². The highest BCUT2D eigenvalue weighted by Crippen LogP contribution is 2.19. The van der Waals surface area contributed by atoms with E-state index in [-0.39, 0.29) is 0 Å². The molecule has 0 radical (unpaired) electrons. The summed E-state index contributed by atoms with van der Waals surface area (Å²) in [6, 6.07) is 26.2. The van der Waals surface area contributed by atoms with Crippen LogP contribution in [0.3, 0.4) is 0 Å². The highest BCUT2D eigenvalue weighted by atomic mass is 14.9. The van der Waals surface area contributed by atoms with Crippen LogP contribution in [0.15, 0.2) is 72.8 Å². The smallest absolute Gasteiger partial charge is 0.0291 e. The van der Waals surface area contributed by atoms with Gasteiger partial charge >= 0.3 is 0 Å². The van der Waals surface area contributed by atoms with Crippen LogP contribution >= 0.6 is 0 Å². The maximum absolute atomic E-state index is 3.61. The molecule has 1 nitrogen and oxygen atoms in total. The first-order chi connectivity index (χ1) is 10.3. The molecule has 1 unspecified atom stereocenters. The fourth-order valence-electron chi connectivity index (χ4n) is 2.79. The van der Waals surface area contributed by atoms with Crippen LogP contribution in [0.2, 0.25) is 0 Å². The van der Waals surface area contributed by atoms with Crippen molar-refractivity contribution in [2.45, 2.75) is 19.4 Å². The summed E-state index contributed by atoms with van der Waals surface area (Å²) in [6.07, 6.45) is 1.05. The zero-order chi connectivity index (χ0) is 14.5. The second-order valence-corrected chi connectivity index (χ2v) is 5.47. The molecule has 0 aliphatic heterocycles. The SMILES string of the molecule is CC(NCCc1cccc2ccccc12)c1ccccc1. The monoisotopic (exact) mass is 275 g/mol. The molecular formula is C20H21N. The average Bonchev–Trinajstić information content (AvgIpc) is 2.56. The van der Waals surface area contributed by atoms with Gasteiger partial charge in [0, 0.05) is 6.04 Å². The maximum Gasteiger partial charge on any atom is 0.0291 e. The van der Waals surface area contributed by atoms with Gasteiger partial charge in [0.1, 0.15) is 0 Å². The lowest BCUT2D eigenvalue weighted by atomic mass is 10.0. The van der Waals surface area contributed by atoms with Crippen molar-refractivity contribution in [2.75, 3.05) is 6.54 Å². The van der Waals surface area contributed by atoms with Gasteiger partial charge in [-0.05, 0) is 41.8 Å². The van der Waals surface area contributed by atoms with E-state index in [1.807, 2.05) is 0 Å². The van der Waals surface area contributed by atoms with Crippen LogP contribution in [-0.2, 0) is 6.42 Å². The molecule has 0 saturated carbocycles. The van der Waals surface area contributed by atoms with Crippen LogP contribution in [0.25, 0.3) is 10.8 Å². The summed E-state index contributed by atoms with van der Waals surface area (Å²) in [5.74, 6) is 0. The van der Waals surface area contributed by atoms with E-state index >= 15 is 0 Å². The predicted molar refractivity (Wildman–Crippen MR) is 90.5 cm³/mol. The summed E-state index contributed by atoms with van der Waals surface area (Å²) < 4.78 is 0. The molecule has 3 rings (SSSR count). The van der Waals surface area contributed by atoms with Crippen molar-refractivity contribution >= 4 is 10.8 Å². The van der Waals surface area contributed by atoms with E-state index in [1.54, 1.807) is 0 Å². The van der Waals surface area contributed by atoms with E-state index in [2.05, 4.69) is 85.0 Å². The third kappa shape index (κ3) is 3.32. The zero-order valence-electron chi connectivity index (χ0n) is 12.4. The molecule has 106 valence electrons. The quantitative estimate of drug-likeness (QED) is 0.709. The lowest BCUT2D eigenvalue weighted by Crippen LogP contribution is -2.21. The summed E-state index contributed by atoms with van der Waals surface area (Å²) in [4.78, 5) is 0. The number of hydrogen-bond donors (Lipinski definition) is 1. The highest BCUT2D eigenvalue weighted by molar-refractivity contribution is 5.85. The van der Waals surface area contributed by atoms with Gasteiger partial charge in [0.25, 0.3) is 0 Å². The first-order valence-corrected chi connectivity index (χ1v) is 7.59.